The van der Waals surface area contributed by atoms with Crippen LogP contribution in [0.3, 0.4) is 0 Å². The lowest BCUT2D eigenvalue weighted by Gasteiger charge is -2.19. The predicted molar refractivity (Wildman–Crippen MR) is 91.2 cm³/mol. The maximum Gasteiger partial charge on any atom is 0.269 e. The first-order chi connectivity index (χ1) is 11.9. The van der Waals surface area contributed by atoms with Crippen LogP contribution in [0, 0.1) is 21.7 Å². The summed E-state index contributed by atoms with van der Waals surface area (Å²) in [6, 6.07) is 9.11. The molecule has 0 radical (unpaired) electrons. The van der Waals surface area contributed by atoms with E-state index in [1.807, 2.05) is 0 Å². The first-order valence-corrected chi connectivity index (χ1v) is 7.56. The van der Waals surface area contributed by atoms with Crippen LogP contribution in [-0.4, -0.2) is 17.9 Å². The smallest absolute Gasteiger partial charge is 0.269 e. The fourth-order valence-electron chi connectivity index (χ4n) is 2.25. The lowest BCUT2D eigenvalue weighted by atomic mass is 10.1. The molecule has 0 saturated carbocycles. The van der Waals surface area contributed by atoms with Gasteiger partial charge in [-0.2, -0.15) is 0 Å². The first kappa shape index (κ1) is 18.3. The summed E-state index contributed by atoms with van der Waals surface area (Å²) in [6.07, 6.45) is 0. The van der Waals surface area contributed by atoms with E-state index < -0.39 is 22.6 Å². The van der Waals surface area contributed by atoms with Gasteiger partial charge in [0.05, 0.1) is 11.0 Å². The van der Waals surface area contributed by atoms with Crippen LogP contribution in [0.25, 0.3) is 0 Å². The van der Waals surface area contributed by atoms with E-state index in [0.717, 1.165) is 11.6 Å². The molecule has 0 aliphatic heterocycles. The number of nitro benzene ring substituents is 1. The highest BCUT2D eigenvalue weighted by atomic mass is 19.1. The maximum atomic E-state index is 13.8. The van der Waals surface area contributed by atoms with Gasteiger partial charge in [-0.1, -0.05) is 18.2 Å². The largest absolute Gasteiger partial charge is 0.352 e. The Morgan fingerprint density at radius 3 is 2.48 bits per heavy atom. The summed E-state index contributed by atoms with van der Waals surface area (Å²) in [4.78, 5) is 14.2. The van der Waals surface area contributed by atoms with Crippen molar-refractivity contribution in [2.75, 3.05) is 7.05 Å². The van der Waals surface area contributed by atoms with Gasteiger partial charge in [0.15, 0.2) is 5.96 Å². The second-order valence-electron chi connectivity index (χ2n) is 5.38. The molecule has 2 N–H and O–H groups in total. The topological polar surface area (TPSA) is 79.6 Å². The van der Waals surface area contributed by atoms with E-state index in [4.69, 9.17) is 0 Å². The van der Waals surface area contributed by atoms with Gasteiger partial charge in [-0.25, -0.2) is 8.78 Å². The number of non-ortho nitro benzene ring substituents is 1. The molecule has 6 nitrogen and oxygen atoms in total. The van der Waals surface area contributed by atoms with Crippen molar-refractivity contribution < 1.29 is 13.7 Å². The van der Waals surface area contributed by atoms with Crippen molar-refractivity contribution in [2.24, 2.45) is 4.99 Å². The molecule has 0 fully saturated rings. The van der Waals surface area contributed by atoms with Gasteiger partial charge in [-0.3, -0.25) is 15.1 Å². The molecule has 132 valence electrons. The zero-order chi connectivity index (χ0) is 18.4. The number of rotatable bonds is 5. The highest BCUT2D eigenvalue weighted by Gasteiger charge is 2.13. The van der Waals surface area contributed by atoms with Crippen LogP contribution in [0.4, 0.5) is 14.5 Å². The number of nitrogens with zero attached hydrogens (tertiary/aromatic N) is 2. The van der Waals surface area contributed by atoms with E-state index in [-0.39, 0.29) is 5.69 Å². The van der Waals surface area contributed by atoms with Gasteiger partial charge in [0, 0.05) is 37.4 Å². The van der Waals surface area contributed by atoms with Crippen LogP contribution >= 0.6 is 0 Å². The summed E-state index contributed by atoms with van der Waals surface area (Å²) < 4.78 is 26.8. The Balaban J connectivity index is 1.97. The average molecular weight is 348 g/mol. The number of nitrogens with one attached hydrogen (secondary N) is 2. The van der Waals surface area contributed by atoms with Crippen LogP contribution in [-0.2, 0) is 6.54 Å². The quantitative estimate of drug-likeness (QED) is 0.376. The number of hydrogen-bond acceptors (Lipinski definition) is 3. The number of hydrogen-bond donors (Lipinski definition) is 2. The third-order valence-electron chi connectivity index (χ3n) is 3.61. The zero-order valence-electron chi connectivity index (χ0n) is 13.8. The zero-order valence-corrected chi connectivity index (χ0v) is 13.8. The van der Waals surface area contributed by atoms with Crippen molar-refractivity contribution in [3.05, 3.63) is 75.3 Å². The lowest BCUT2D eigenvalue weighted by Crippen LogP contribution is -2.38. The Labute approximate surface area is 143 Å². The van der Waals surface area contributed by atoms with Gasteiger partial charge in [-0.05, 0) is 18.6 Å². The minimum Gasteiger partial charge on any atom is -0.352 e. The highest BCUT2D eigenvalue weighted by molar-refractivity contribution is 5.80. The number of nitro groups is 1. The Morgan fingerprint density at radius 1 is 1.24 bits per heavy atom. The SMILES string of the molecule is CN=C(NCc1ccc([N+](=O)[O-])cc1)NC(C)c1ccc(F)cc1F. The van der Waals surface area contributed by atoms with E-state index in [9.17, 15) is 18.9 Å². The van der Waals surface area contributed by atoms with E-state index in [2.05, 4.69) is 15.6 Å². The molecular weight excluding hydrogens is 330 g/mol. The first-order valence-electron chi connectivity index (χ1n) is 7.56. The molecule has 2 aromatic rings. The van der Waals surface area contributed by atoms with Crippen molar-refractivity contribution in [3.8, 4) is 0 Å². The monoisotopic (exact) mass is 348 g/mol. The van der Waals surface area contributed by atoms with Gasteiger partial charge >= 0.3 is 0 Å². The van der Waals surface area contributed by atoms with Gasteiger partial charge in [-0.15, -0.1) is 0 Å². The summed E-state index contributed by atoms with van der Waals surface area (Å²) in [5, 5.41) is 16.7. The molecule has 0 aliphatic carbocycles. The van der Waals surface area contributed by atoms with E-state index in [1.54, 1.807) is 26.1 Å². The Morgan fingerprint density at radius 2 is 1.92 bits per heavy atom. The standard InChI is InChI=1S/C17H18F2N4O2/c1-11(15-8-5-13(18)9-16(15)19)22-17(20-2)21-10-12-3-6-14(7-4-12)23(24)25/h3-9,11H,10H2,1-2H3,(H2,20,21,22). The minimum atomic E-state index is -0.633. The molecule has 0 amide bonds. The summed E-state index contributed by atoms with van der Waals surface area (Å²) in [5.74, 6) is -0.838. The van der Waals surface area contributed by atoms with E-state index in [1.165, 1.54) is 24.3 Å². The summed E-state index contributed by atoms with van der Waals surface area (Å²) in [7, 11) is 1.57. The molecule has 0 heterocycles. The van der Waals surface area contributed by atoms with Crippen LogP contribution in [0.15, 0.2) is 47.5 Å². The van der Waals surface area contributed by atoms with Crippen molar-refractivity contribution in [1.29, 1.82) is 0 Å². The minimum absolute atomic E-state index is 0.0201. The fraction of sp³-hybridized carbons (Fsp3) is 0.235. The van der Waals surface area contributed by atoms with Crippen molar-refractivity contribution in [3.63, 3.8) is 0 Å². The molecule has 0 aliphatic rings. The Kier molecular flexibility index (Phi) is 5.99. The van der Waals surface area contributed by atoms with Crippen LogP contribution in [0.1, 0.15) is 24.1 Å². The summed E-state index contributed by atoms with van der Waals surface area (Å²) in [5.41, 5.74) is 1.17. The highest BCUT2D eigenvalue weighted by Crippen LogP contribution is 2.17. The number of aliphatic imine (C=N–C) groups is 1. The van der Waals surface area contributed by atoms with Crippen molar-refractivity contribution >= 4 is 11.6 Å². The second-order valence-corrected chi connectivity index (χ2v) is 5.38. The van der Waals surface area contributed by atoms with Crippen molar-refractivity contribution in [2.45, 2.75) is 19.5 Å². The third kappa shape index (κ3) is 4.97. The summed E-state index contributed by atoms with van der Waals surface area (Å²) in [6.45, 7) is 2.12. The molecule has 0 bridgehead atoms. The summed E-state index contributed by atoms with van der Waals surface area (Å²) >= 11 is 0. The average Bonchev–Trinajstić information content (AvgIpc) is 2.58. The molecule has 2 rings (SSSR count). The van der Waals surface area contributed by atoms with Crippen LogP contribution < -0.4 is 10.6 Å². The van der Waals surface area contributed by atoms with Gasteiger partial charge < -0.3 is 10.6 Å². The molecule has 0 spiro atoms. The van der Waals surface area contributed by atoms with Crippen molar-refractivity contribution in [1.82, 2.24) is 10.6 Å². The molecule has 1 unspecified atom stereocenters. The van der Waals surface area contributed by atoms with Gasteiger partial charge in [0.2, 0.25) is 0 Å². The Bertz CT molecular complexity index is 779. The predicted octanol–water partition coefficient (Wildman–Crippen LogP) is 3.30. The lowest BCUT2D eigenvalue weighted by molar-refractivity contribution is -0.384. The van der Waals surface area contributed by atoms with Gasteiger partial charge in [0.25, 0.3) is 5.69 Å². The number of halogens is 2. The molecular formula is C17H18F2N4O2. The molecule has 8 heteroatoms. The van der Waals surface area contributed by atoms with Crippen LogP contribution in [0.2, 0.25) is 0 Å². The normalized spacial score (nSPS) is 12.6. The molecule has 2 aromatic carbocycles. The molecule has 0 saturated heterocycles. The fourth-order valence-corrected chi connectivity index (χ4v) is 2.25. The Hall–Kier alpha value is -3.03. The molecule has 25 heavy (non-hydrogen) atoms. The number of benzene rings is 2. The maximum absolute atomic E-state index is 13.8. The van der Waals surface area contributed by atoms with Crippen LogP contribution in [0.5, 0.6) is 0 Å². The third-order valence-corrected chi connectivity index (χ3v) is 3.61. The van der Waals surface area contributed by atoms with E-state index >= 15 is 0 Å². The molecule has 0 aromatic heterocycles. The van der Waals surface area contributed by atoms with Gasteiger partial charge in [0.1, 0.15) is 11.6 Å². The number of guanidine groups is 1. The second kappa shape index (κ2) is 8.18. The molecule has 1 atom stereocenters. The van der Waals surface area contributed by atoms with E-state index in [0.29, 0.717) is 18.1 Å².